The maximum atomic E-state index is 11.8. The van der Waals surface area contributed by atoms with Gasteiger partial charge in [-0.15, -0.1) is 0 Å². The molecule has 0 saturated carbocycles. The summed E-state index contributed by atoms with van der Waals surface area (Å²) in [5.74, 6) is -0.322. The number of carbonyl (C=O) groups excluding carboxylic acids is 1. The first-order chi connectivity index (χ1) is 8.38. The van der Waals surface area contributed by atoms with E-state index in [-0.39, 0.29) is 12.0 Å². The lowest BCUT2D eigenvalue weighted by atomic mass is 9.93. The molecule has 0 spiro atoms. The molecule has 1 rings (SSSR count). The lowest BCUT2D eigenvalue weighted by Gasteiger charge is -2.40. The van der Waals surface area contributed by atoms with E-state index in [2.05, 4.69) is 18.7 Å². The number of nitrogens with two attached hydrogens (primary N) is 1. The molecule has 106 valence electrons. The maximum absolute atomic E-state index is 11.8. The molecule has 2 N–H and O–H groups in total. The van der Waals surface area contributed by atoms with E-state index >= 15 is 0 Å². The van der Waals surface area contributed by atoms with Crippen LogP contribution in [0.5, 0.6) is 0 Å². The number of rotatable bonds is 5. The third-order valence-corrected chi connectivity index (χ3v) is 3.45. The smallest absolute Gasteiger partial charge is 0.325 e. The second-order valence-corrected chi connectivity index (χ2v) is 5.35. The second-order valence-electron chi connectivity index (χ2n) is 5.35. The lowest BCUT2D eigenvalue weighted by molar-refractivity contribution is -0.150. The predicted molar refractivity (Wildman–Crippen MR) is 70.3 cm³/mol. The molecule has 0 radical (unpaired) electrons. The molecule has 5 heteroatoms. The van der Waals surface area contributed by atoms with Crippen molar-refractivity contribution in [2.45, 2.75) is 51.7 Å². The predicted octanol–water partition coefficient (Wildman–Crippen LogP) is 0.766. The van der Waals surface area contributed by atoms with Gasteiger partial charge in [0.25, 0.3) is 0 Å². The van der Waals surface area contributed by atoms with Gasteiger partial charge in [-0.1, -0.05) is 0 Å². The van der Waals surface area contributed by atoms with Gasteiger partial charge in [0.05, 0.1) is 19.8 Å². The Morgan fingerprint density at radius 2 is 2.33 bits per heavy atom. The van der Waals surface area contributed by atoms with Crippen LogP contribution in [0, 0.1) is 0 Å². The molecule has 0 aromatic rings. The van der Waals surface area contributed by atoms with Crippen LogP contribution in [0.3, 0.4) is 0 Å². The van der Waals surface area contributed by atoms with Gasteiger partial charge in [0, 0.05) is 18.6 Å². The fourth-order valence-electron chi connectivity index (χ4n) is 2.51. The molecule has 1 aliphatic rings. The largest absolute Gasteiger partial charge is 0.465 e. The van der Waals surface area contributed by atoms with E-state index < -0.39 is 5.54 Å². The van der Waals surface area contributed by atoms with Crippen molar-refractivity contribution in [3.8, 4) is 0 Å². The summed E-state index contributed by atoms with van der Waals surface area (Å²) in [6.07, 6.45) is 0.593. The van der Waals surface area contributed by atoms with Crippen molar-refractivity contribution in [2.24, 2.45) is 5.73 Å². The Labute approximate surface area is 110 Å². The average molecular weight is 258 g/mol. The summed E-state index contributed by atoms with van der Waals surface area (Å²) in [5.41, 5.74) is 5.14. The van der Waals surface area contributed by atoms with E-state index in [1.165, 1.54) is 0 Å². The van der Waals surface area contributed by atoms with Gasteiger partial charge >= 0.3 is 5.97 Å². The molecule has 0 aromatic carbocycles. The number of esters is 1. The number of morpholine rings is 1. The summed E-state index contributed by atoms with van der Waals surface area (Å²) in [7, 11) is 0. The number of ether oxygens (including phenoxy) is 2. The molecule has 0 aromatic heterocycles. The van der Waals surface area contributed by atoms with Crippen molar-refractivity contribution in [3.05, 3.63) is 0 Å². The van der Waals surface area contributed by atoms with Gasteiger partial charge < -0.3 is 15.2 Å². The van der Waals surface area contributed by atoms with Crippen LogP contribution in [0.15, 0.2) is 0 Å². The van der Waals surface area contributed by atoms with Crippen LogP contribution in [0.2, 0.25) is 0 Å². The minimum atomic E-state index is -0.923. The molecular formula is C13H26N2O3. The second kappa shape index (κ2) is 6.50. The van der Waals surface area contributed by atoms with Crippen molar-refractivity contribution in [3.63, 3.8) is 0 Å². The van der Waals surface area contributed by atoms with Crippen molar-refractivity contribution in [2.75, 3.05) is 26.4 Å². The van der Waals surface area contributed by atoms with Crippen LogP contribution >= 0.6 is 0 Å². The normalized spacial score (nSPS) is 26.4. The zero-order chi connectivity index (χ0) is 13.8. The van der Waals surface area contributed by atoms with Crippen molar-refractivity contribution < 1.29 is 14.3 Å². The van der Waals surface area contributed by atoms with Crippen molar-refractivity contribution in [1.82, 2.24) is 4.90 Å². The lowest BCUT2D eigenvalue weighted by Crippen LogP contribution is -2.54. The van der Waals surface area contributed by atoms with Crippen LogP contribution in [-0.2, 0) is 14.3 Å². The fraction of sp³-hybridized carbons (Fsp3) is 0.923. The van der Waals surface area contributed by atoms with Crippen LogP contribution in [0.1, 0.15) is 34.1 Å². The molecule has 3 unspecified atom stereocenters. The standard InChI is InChI=1S/C13H26N2O3/c1-5-18-12(16)13(4,14)8-10(2)15-6-7-17-9-11(15)3/h10-11H,5-9,14H2,1-4H3. The zero-order valence-corrected chi connectivity index (χ0v) is 11.9. The molecule has 1 fully saturated rings. The summed E-state index contributed by atoms with van der Waals surface area (Å²) in [5, 5.41) is 0. The Morgan fingerprint density at radius 1 is 1.67 bits per heavy atom. The van der Waals surface area contributed by atoms with E-state index in [0.717, 1.165) is 19.8 Å². The Bertz CT molecular complexity index is 281. The monoisotopic (exact) mass is 258 g/mol. The summed E-state index contributed by atoms with van der Waals surface area (Å²) in [6.45, 7) is 10.5. The molecule has 0 bridgehead atoms. The third-order valence-electron chi connectivity index (χ3n) is 3.45. The van der Waals surface area contributed by atoms with E-state index in [1.54, 1.807) is 13.8 Å². The van der Waals surface area contributed by atoms with Crippen LogP contribution < -0.4 is 5.73 Å². The number of nitrogens with zero attached hydrogens (tertiary/aromatic N) is 1. The van der Waals surface area contributed by atoms with E-state index in [0.29, 0.717) is 19.1 Å². The fourth-order valence-corrected chi connectivity index (χ4v) is 2.51. The molecular weight excluding hydrogens is 232 g/mol. The molecule has 18 heavy (non-hydrogen) atoms. The highest BCUT2D eigenvalue weighted by Gasteiger charge is 2.35. The van der Waals surface area contributed by atoms with Crippen molar-refractivity contribution in [1.29, 1.82) is 0 Å². The minimum absolute atomic E-state index is 0.239. The van der Waals surface area contributed by atoms with Crippen molar-refractivity contribution >= 4 is 5.97 Å². The quantitative estimate of drug-likeness (QED) is 0.738. The number of hydrogen-bond acceptors (Lipinski definition) is 5. The van der Waals surface area contributed by atoms with E-state index in [1.807, 2.05) is 0 Å². The maximum Gasteiger partial charge on any atom is 0.325 e. The molecule has 0 aliphatic carbocycles. The van der Waals surface area contributed by atoms with Crippen LogP contribution in [0.25, 0.3) is 0 Å². The number of carbonyl (C=O) groups is 1. The van der Waals surface area contributed by atoms with Gasteiger partial charge in [-0.25, -0.2) is 0 Å². The highest BCUT2D eigenvalue weighted by Crippen LogP contribution is 2.19. The van der Waals surface area contributed by atoms with Gasteiger partial charge in [-0.05, 0) is 34.1 Å². The van der Waals surface area contributed by atoms with Gasteiger partial charge in [0.15, 0.2) is 0 Å². The third kappa shape index (κ3) is 3.93. The molecule has 1 heterocycles. The zero-order valence-electron chi connectivity index (χ0n) is 11.9. The Hall–Kier alpha value is -0.650. The van der Waals surface area contributed by atoms with E-state index in [9.17, 15) is 4.79 Å². The SMILES string of the molecule is CCOC(=O)C(C)(N)CC(C)N1CCOCC1C. The van der Waals surface area contributed by atoms with Crippen LogP contribution in [-0.4, -0.2) is 54.9 Å². The summed E-state index contributed by atoms with van der Waals surface area (Å²) in [6, 6.07) is 0.607. The first-order valence-corrected chi connectivity index (χ1v) is 6.68. The summed E-state index contributed by atoms with van der Waals surface area (Å²) in [4.78, 5) is 14.1. The van der Waals surface area contributed by atoms with Gasteiger partial charge in [-0.2, -0.15) is 0 Å². The number of hydrogen-bond donors (Lipinski definition) is 1. The topological polar surface area (TPSA) is 64.8 Å². The van der Waals surface area contributed by atoms with Gasteiger partial charge in [0.1, 0.15) is 5.54 Å². The Morgan fingerprint density at radius 3 is 2.89 bits per heavy atom. The first-order valence-electron chi connectivity index (χ1n) is 6.68. The van der Waals surface area contributed by atoms with E-state index in [4.69, 9.17) is 15.2 Å². The summed E-state index contributed by atoms with van der Waals surface area (Å²) < 4.78 is 10.4. The minimum Gasteiger partial charge on any atom is -0.465 e. The van der Waals surface area contributed by atoms with Gasteiger partial charge in [0.2, 0.25) is 0 Å². The highest BCUT2D eigenvalue weighted by molar-refractivity contribution is 5.80. The molecule has 5 nitrogen and oxygen atoms in total. The molecule has 3 atom stereocenters. The Balaban J connectivity index is 2.56. The molecule has 0 amide bonds. The summed E-state index contributed by atoms with van der Waals surface area (Å²) >= 11 is 0. The Kier molecular flexibility index (Phi) is 5.56. The highest BCUT2D eigenvalue weighted by atomic mass is 16.5. The average Bonchev–Trinajstić information content (AvgIpc) is 2.29. The molecule has 1 aliphatic heterocycles. The van der Waals surface area contributed by atoms with Crippen LogP contribution in [0.4, 0.5) is 0 Å². The van der Waals surface area contributed by atoms with Gasteiger partial charge in [-0.3, -0.25) is 9.69 Å². The first kappa shape index (κ1) is 15.4. The molecule has 1 saturated heterocycles.